The maximum Gasteiger partial charge on any atom is 0.120 e. The summed E-state index contributed by atoms with van der Waals surface area (Å²) in [5.41, 5.74) is 4.07. The van der Waals surface area contributed by atoms with Gasteiger partial charge in [-0.3, -0.25) is 9.80 Å². The molecule has 34 heavy (non-hydrogen) atoms. The van der Waals surface area contributed by atoms with Gasteiger partial charge < -0.3 is 4.74 Å². The summed E-state index contributed by atoms with van der Waals surface area (Å²) in [6.45, 7) is 7.99. The summed E-state index contributed by atoms with van der Waals surface area (Å²) in [5, 5.41) is 3.53. The van der Waals surface area contributed by atoms with Crippen molar-refractivity contribution in [3.05, 3.63) is 101 Å². The highest BCUT2D eigenvalue weighted by molar-refractivity contribution is 7.17. The van der Waals surface area contributed by atoms with Crippen molar-refractivity contribution in [3.8, 4) is 5.75 Å². The Morgan fingerprint density at radius 2 is 1.53 bits per heavy atom. The Kier molecular flexibility index (Phi) is 9.81. The minimum atomic E-state index is 0. The first-order valence-electron chi connectivity index (χ1n) is 11.4. The van der Waals surface area contributed by atoms with Gasteiger partial charge in [0.1, 0.15) is 12.4 Å². The predicted molar refractivity (Wildman–Crippen MR) is 149 cm³/mol. The predicted octanol–water partition coefficient (Wildman–Crippen LogP) is 6.82. The summed E-state index contributed by atoms with van der Waals surface area (Å²) >= 11 is 1.80. The maximum absolute atomic E-state index is 6.38. The molecule has 3 nitrogen and oxygen atoms in total. The summed E-state index contributed by atoms with van der Waals surface area (Å²) in [5.74, 6) is 0.971. The van der Waals surface area contributed by atoms with Gasteiger partial charge in [-0.2, -0.15) is 0 Å². The van der Waals surface area contributed by atoms with E-state index in [4.69, 9.17) is 4.74 Å². The number of rotatable bonds is 7. The molecule has 1 saturated heterocycles. The van der Waals surface area contributed by atoms with Crippen LogP contribution >= 0.6 is 36.2 Å². The number of piperazine rings is 1. The van der Waals surface area contributed by atoms with Crippen molar-refractivity contribution in [1.82, 2.24) is 9.80 Å². The van der Waals surface area contributed by atoms with Gasteiger partial charge in [-0.25, -0.2) is 0 Å². The molecule has 0 radical (unpaired) electrons. The summed E-state index contributed by atoms with van der Waals surface area (Å²) in [6, 6.07) is 28.4. The summed E-state index contributed by atoms with van der Waals surface area (Å²) < 4.78 is 7.71. The van der Waals surface area contributed by atoms with Crippen LogP contribution in [0.5, 0.6) is 5.75 Å². The Bertz CT molecular complexity index is 1150. The number of benzene rings is 3. The number of hydrogen-bond donors (Lipinski definition) is 0. The molecule has 6 heteroatoms. The van der Waals surface area contributed by atoms with E-state index in [2.05, 4.69) is 101 Å². The number of ether oxygens (including phenoxy) is 1. The van der Waals surface area contributed by atoms with E-state index in [-0.39, 0.29) is 24.8 Å². The average molecular weight is 516 g/mol. The van der Waals surface area contributed by atoms with Gasteiger partial charge in [-0.05, 0) is 52.6 Å². The van der Waals surface area contributed by atoms with E-state index >= 15 is 0 Å². The number of aryl methyl sites for hydroxylation is 1. The smallest absolute Gasteiger partial charge is 0.120 e. The average Bonchev–Trinajstić information content (AvgIpc) is 3.20. The van der Waals surface area contributed by atoms with Gasteiger partial charge in [0.2, 0.25) is 0 Å². The first kappa shape index (κ1) is 26.5. The molecule has 2 heterocycles. The molecule has 0 bridgehead atoms. The van der Waals surface area contributed by atoms with Crippen LogP contribution in [0.4, 0.5) is 0 Å². The third-order valence-electron chi connectivity index (χ3n) is 6.35. The van der Waals surface area contributed by atoms with Gasteiger partial charge >= 0.3 is 0 Å². The van der Waals surface area contributed by atoms with Crippen molar-refractivity contribution in [1.29, 1.82) is 0 Å². The minimum Gasteiger partial charge on any atom is -0.492 e. The third kappa shape index (κ3) is 6.53. The molecule has 3 aromatic carbocycles. The fourth-order valence-corrected chi connectivity index (χ4v) is 5.47. The number of halogens is 2. The molecule has 5 rings (SSSR count). The Morgan fingerprint density at radius 3 is 2.24 bits per heavy atom. The summed E-state index contributed by atoms with van der Waals surface area (Å²) in [4.78, 5) is 5.16. The molecule has 1 aliphatic rings. The van der Waals surface area contributed by atoms with E-state index in [1.807, 2.05) is 0 Å². The molecule has 1 aliphatic heterocycles. The second-order valence-corrected chi connectivity index (χ2v) is 9.63. The molecule has 0 amide bonds. The van der Waals surface area contributed by atoms with E-state index in [1.54, 1.807) is 11.3 Å². The number of thiophene rings is 1. The van der Waals surface area contributed by atoms with Gasteiger partial charge in [0.25, 0.3) is 0 Å². The van der Waals surface area contributed by atoms with Crippen LogP contribution in [-0.2, 0) is 13.1 Å². The van der Waals surface area contributed by atoms with Crippen LogP contribution in [0.25, 0.3) is 10.1 Å². The molecule has 180 valence electrons. The van der Waals surface area contributed by atoms with Crippen LogP contribution in [0.15, 0.2) is 84.2 Å². The van der Waals surface area contributed by atoms with Gasteiger partial charge in [0, 0.05) is 37.4 Å². The lowest BCUT2D eigenvalue weighted by Gasteiger charge is -2.41. The molecular weight excluding hydrogens is 483 g/mol. The van der Waals surface area contributed by atoms with Crippen LogP contribution in [0.3, 0.4) is 0 Å². The first-order chi connectivity index (χ1) is 15.7. The van der Waals surface area contributed by atoms with Gasteiger partial charge in [0.05, 0.1) is 6.04 Å². The van der Waals surface area contributed by atoms with Crippen molar-refractivity contribution in [2.75, 3.05) is 26.2 Å². The lowest BCUT2D eigenvalue weighted by Crippen LogP contribution is -2.54. The highest BCUT2D eigenvalue weighted by Gasteiger charge is 2.27. The molecule has 0 aliphatic carbocycles. The second kappa shape index (κ2) is 12.6. The Morgan fingerprint density at radius 1 is 0.853 bits per heavy atom. The van der Waals surface area contributed by atoms with E-state index in [1.165, 1.54) is 26.8 Å². The molecule has 1 fully saturated rings. The van der Waals surface area contributed by atoms with Crippen LogP contribution in [0, 0.1) is 6.92 Å². The quantitative estimate of drug-likeness (QED) is 0.269. The third-order valence-corrected chi connectivity index (χ3v) is 7.43. The molecule has 0 saturated carbocycles. The van der Waals surface area contributed by atoms with Crippen LogP contribution in [0.2, 0.25) is 0 Å². The fraction of sp³-hybridized carbons (Fsp3) is 0.286. The fourth-order valence-electron chi connectivity index (χ4n) is 4.54. The van der Waals surface area contributed by atoms with E-state index in [0.717, 1.165) is 38.5 Å². The Labute approximate surface area is 219 Å². The van der Waals surface area contributed by atoms with Crippen molar-refractivity contribution in [3.63, 3.8) is 0 Å². The van der Waals surface area contributed by atoms with E-state index < -0.39 is 0 Å². The Hall–Kier alpha value is -2.08. The Balaban J connectivity index is 0.00000162. The van der Waals surface area contributed by atoms with Crippen LogP contribution in [0.1, 0.15) is 16.7 Å². The molecule has 4 aromatic rings. The van der Waals surface area contributed by atoms with Crippen LogP contribution in [-0.4, -0.2) is 42.1 Å². The number of hydrogen-bond acceptors (Lipinski definition) is 4. The number of fused-ring (bicyclic) bond motifs is 1. The maximum atomic E-state index is 6.38. The van der Waals surface area contributed by atoms with Crippen LogP contribution < -0.4 is 4.74 Å². The molecule has 1 unspecified atom stereocenters. The van der Waals surface area contributed by atoms with Gasteiger partial charge in [0.15, 0.2) is 0 Å². The highest BCUT2D eigenvalue weighted by Crippen LogP contribution is 2.29. The molecule has 0 spiro atoms. The summed E-state index contributed by atoms with van der Waals surface area (Å²) in [6.07, 6.45) is 0. The second-order valence-electron chi connectivity index (χ2n) is 8.72. The largest absolute Gasteiger partial charge is 0.492 e. The SMILES string of the molecule is Cc1csc2ccc(OCC3CN(Cc4ccccc4)CCN3Cc3ccccc3)cc12.Cl.Cl. The van der Waals surface area contributed by atoms with Crippen molar-refractivity contribution < 1.29 is 4.74 Å². The van der Waals surface area contributed by atoms with Crippen molar-refractivity contribution in [2.24, 2.45) is 0 Å². The minimum absolute atomic E-state index is 0. The highest BCUT2D eigenvalue weighted by atomic mass is 35.5. The standard InChI is InChI=1S/C28H30N2OS.2ClH/c1-22-21-32-28-13-12-26(16-27(22)28)31-20-25-19-29(17-23-8-4-2-5-9-23)14-15-30(25)18-24-10-6-3-7-11-24;;/h2-13,16,21,25H,14-15,17-20H2,1H3;2*1H. The molecule has 1 aromatic heterocycles. The first-order valence-corrected chi connectivity index (χ1v) is 12.3. The lowest BCUT2D eigenvalue weighted by molar-refractivity contribution is 0.0376. The van der Waals surface area contributed by atoms with E-state index in [0.29, 0.717) is 12.6 Å². The van der Waals surface area contributed by atoms with Gasteiger partial charge in [-0.15, -0.1) is 36.2 Å². The lowest BCUT2D eigenvalue weighted by atomic mass is 10.1. The molecular formula is C28H32Cl2N2OS. The van der Waals surface area contributed by atoms with Crippen molar-refractivity contribution >= 4 is 46.2 Å². The zero-order valence-corrected chi connectivity index (χ0v) is 21.9. The van der Waals surface area contributed by atoms with E-state index in [9.17, 15) is 0 Å². The number of nitrogens with zero attached hydrogens (tertiary/aromatic N) is 2. The zero-order chi connectivity index (χ0) is 21.8. The van der Waals surface area contributed by atoms with Crippen molar-refractivity contribution in [2.45, 2.75) is 26.1 Å². The molecule has 1 atom stereocenters. The zero-order valence-electron chi connectivity index (χ0n) is 19.4. The normalized spacial score (nSPS) is 16.6. The van der Waals surface area contributed by atoms with Gasteiger partial charge in [-0.1, -0.05) is 60.7 Å². The summed E-state index contributed by atoms with van der Waals surface area (Å²) in [7, 11) is 0. The monoisotopic (exact) mass is 514 g/mol. The molecule has 0 N–H and O–H groups in total. The topological polar surface area (TPSA) is 15.7 Å².